The molecule has 0 aliphatic carbocycles. The van der Waals surface area contributed by atoms with Crippen molar-refractivity contribution in [2.75, 3.05) is 54.7 Å². The smallest absolute Gasteiger partial charge is 0.234 e. The molecule has 174 valence electrons. The number of morpholine rings is 1. The van der Waals surface area contributed by atoms with E-state index in [-0.39, 0.29) is 17.6 Å². The Kier molecular flexibility index (Phi) is 8.34. The lowest BCUT2D eigenvalue weighted by atomic mass is 10.2. The van der Waals surface area contributed by atoms with Gasteiger partial charge in [-0.15, -0.1) is 10.2 Å². The molecule has 1 aliphatic rings. The Morgan fingerprint density at radius 2 is 1.97 bits per heavy atom. The lowest BCUT2D eigenvalue weighted by molar-refractivity contribution is -0.114. The summed E-state index contributed by atoms with van der Waals surface area (Å²) in [7, 11) is 1.53. The maximum Gasteiger partial charge on any atom is 0.234 e. The Labute approximate surface area is 192 Å². The van der Waals surface area contributed by atoms with E-state index in [9.17, 15) is 9.59 Å². The number of anilines is 3. The number of nitrogens with zero attached hydrogens (tertiary/aromatic N) is 4. The molecule has 1 aliphatic heterocycles. The molecule has 10 nitrogen and oxygen atoms in total. The molecule has 2 amide bonds. The van der Waals surface area contributed by atoms with Gasteiger partial charge in [0.05, 0.1) is 31.8 Å². The van der Waals surface area contributed by atoms with E-state index in [1.165, 1.54) is 25.8 Å². The molecule has 0 spiro atoms. The average Bonchev–Trinajstić information content (AvgIpc) is 3.14. The first kappa shape index (κ1) is 23.9. The fraction of sp³-hybridized carbons (Fsp3) is 0.524. The molecular formula is C21H30N6O4S. The molecule has 0 atom stereocenters. The number of carbonyl (C=O) groups is 2. The lowest BCUT2D eigenvalue weighted by Crippen LogP contribution is -2.38. The number of hydrogen-bond donors (Lipinski definition) is 2. The Bertz CT molecular complexity index is 942. The summed E-state index contributed by atoms with van der Waals surface area (Å²) in [4.78, 5) is 26.2. The minimum Gasteiger partial charge on any atom is -0.495 e. The maximum atomic E-state index is 12.7. The fourth-order valence-corrected chi connectivity index (χ4v) is 4.06. The van der Waals surface area contributed by atoms with E-state index in [0.29, 0.717) is 41.4 Å². The van der Waals surface area contributed by atoms with Crippen LogP contribution in [0.2, 0.25) is 0 Å². The number of thioether (sulfide) groups is 1. The van der Waals surface area contributed by atoms with Gasteiger partial charge < -0.3 is 25.0 Å². The van der Waals surface area contributed by atoms with Crippen molar-refractivity contribution in [2.24, 2.45) is 5.92 Å². The van der Waals surface area contributed by atoms with Crippen LogP contribution in [0.3, 0.4) is 0 Å². The van der Waals surface area contributed by atoms with Gasteiger partial charge >= 0.3 is 0 Å². The zero-order valence-corrected chi connectivity index (χ0v) is 19.7. The molecule has 0 radical (unpaired) electrons. The van der Waals surface area contributed by atoms with Crippen molar-refractivity contribution in [1.29, 1.82) is 0 Å². The van der Waals surface area contributed by atoms with E-state index in [0.717, 1.165) is 25.6 Å². The van der Waals surface area contributed by atoms with Crippen molar-refractivity contribution in [1.82, 2.24) is 14.8 Å². The van der Waals surface area contributed by atoms with Gasteiger partial charge in [-0.1, -0.05) is 25.6 Å². The molecule has 1 fully saturated rings. The zero-order chi connectivity index (χ0) is 23.1. The van der Waals surface area contributed by atoms with Crippen LogP contribution >= 0.6 is 11.8 Å². The molecule has 11 heteroatoms. The van der Waals surface area contributed by atoms with Crippen LogP contribution in [-0.4, -0.2) is 65.7 Å². The Hall–Kier alpha value is -2.79. The van der Waals surface area contributed by atoms with Crippen LogP contribution in [0.1, 0.15) is 20.8 Å². The largest absolute Gasteiger partial charge is 0.495 e. The van der Waals surface area contributed by atoms with E-state index in [2.05, 4.69) is 44.1 Å². The van der Waals surface area contributed by atoms with Gasteiger partial charge in [0.25, 0.3) is 0 Å². The maximum absolute atomic E-state index is 12.7. The van der Waals surface area contributed by atoms with Gasteiger partial charge in [-0.05, 0) is 24.1 Å². The minimum absolute atomic E-state index is 0.160. The molecule has 2 N–H and O–H groups in total. The first-order chi connectivity index (χ1) is 15.4. The summed E-state index contributed by atoms with van der Waals surface area (Å²) in [5.74, 6) is 1.49. The summed E-state index contributed by atoms with van der Waals surface area (Å²) >= 11 is 1.34. The highest BCUT2D eigenvalue weighted by Gasteiger charge is 2.22. The third kappa shape index (κ3) is 6.36. The van der Waals surface area contributed by atoms with Crippen LogP contribution in [0.5, 0.6) is 5.75 Å². The van der Waals surface area contributed by atoms with Crippen molar-refractivity contribution in [3.8, 4) is 5.75 Å². The van der Waals surface area contributed by atoms with Gasteiger partial charge in [-0.3, -0.25) is 14.2 Å². The summed E-state index contributed by atoms with van der Waals surface area (Å²) < 4.78 is 12.8. The third-order valence-corrected chi connectivity index (χ3v) is 5.63. The SMILES string of the molecule is COc1ccc(NC(C)=O)cc1NC(=O)CSc1nnc(N2CCOCC2)n1CC(C)C. The summed E-state index contributed by atoms with van der Waals surface area (Å²) in [6.45, 7) is 9.33. The molecule has 32 heavy (non-hydrogen) atoms. The molecule has 1 aromatic carbocycles. The van der Waals surface area contributed by atoms with Crippen LogP contribution in [0, 0.1) is 5.92 Å². The van der Waals surface area contributed by atoms with Crippen LogP contribution in [-0.2, 0) is 20.9 Å². The molecule has 2 aromatic rings. The molecule has 0 bridgehead atoms. The number of benzene rings is 1. The molecule has 1 saturated heterocycles. The lowest BCUT2D eigenvalue weighted by Gasteiger charge is -2.28. The second-order valence-corrected chi connectivity index (χ2v) is 8.76. The first-order valence-electron chi connectivity index (χ1n) is 10.5. The highest BCUT2D eigenvalue weighted by Crippen LogP contribution is 2.29. The Morgan fingerprint density at radius 1 is 1.22 bits per heavy atom. The number of nitrogens with one attached hydrogen (secondary N) is 2. The van der Waals surface area contributed by atoms with Gasteiger partial charge in [0, 0.05) is 32.2 Å². The summed E-state index contributed by atoms with van der Waals surface area (Å²) in [6.07, 6.45) is 0. The van der Waals surface area contributed by atoms with Crippen LogP contribution in [0.25, 0.3) is 0 Å². The number of rotatable bonds is 9. The fourth-order valence-electron chi connectivity index (χ4n) is 3.31. The van der Waals surface area contributed by atoms with E-state index in [1.807, 2.05) is 0 Å². The van der Waals surface area contributed by atoms with Crippen molar-refractivity contribution in [2.45, 2.75) is 32.5 Å². The normalized spacial score (nSPS) is 13.8. The average molecular weight is 463 g/mol. The van der Waals surface area contributed by atoms with Crippen molar-refractivity contribution < 1.29 is 19.1 Å². The number of methoxy groups -OCH3 is 1. The number of carbonyl (C=O) groups excluding carboxylic acids is 2. The molecular weight excluding hydrogens is 432 g/mol. The number of aromatic nitrogens is 3. The standard InChI is InChI=1S/C21H30N6O4S/c1-14(2)12-27-20(26-7-9-31-10-8-26)24-25-21(27)32-13-19(29)23-17-11-16(22-15(3)28)5-6-18(17)30-4/h5-6,11,14H,7-10,12-13H2,1-4H3,(H,22,28)(H,23,29). The summed E-state index contributed by atoms with van der Waals surface area (Å²) in [5.41, 5.74) is 1.06. The van der Waals surface area contributed by atoms with E-state index >= 15 is 0 Å². The number of ether oxygens (including phenoxy) is 2. The number of hydrogen-bond acceptors (Lipinski definition) is 8. The second kappa shape index (κ2) is 11.2. The van der Waals surface area contributed by atoms with E-state index < -0.39 is 0 Å². The van der Waals surface area contributed by atoms with Crippen LogP contribution in [0.15, 0.2) is 23.4 Å². The second-order valence-electron chi connectivity index (χ2n) is 7.82. The quantitative estimate of drug-likeness (QED) is 0.547. The Morgan fingerprint density at radius 3 is 2.62 bits per heavy atom. The molecule has 1 aromatic heterocycles. The molecule has 2 heterocycles. The third-order valence-electron chi connectivity index (χ3n) is 4.67. The van der Waals surface area contributed by atoms with Gasteiger partial charge in [0.15, 0.2) is 5.16 Å². The van der Waals surface area contributed by atoms with Crippen molar-refractivity contribution >= 4 is 40.9 Å². The highest BCUT2D eigenvalue weighted by atomic mass is 32.2. The summed E-state index contributed by atoms with van der Waals surface area (Å²) in [6, 6.07) is 5.08. The minimum atomic E-state index is -0.208. The zero-order valence-electron chi connectivity index (χ0n) is 18.9. The first-order valence-corrected chi connectivity index (χ1v) is 11.5. The number of amides is 2. The van der Waals surface area contributed by atoms with Crippen LogP contribution < -0.4 is 20.3 Å². The molecule has 0 unspecified atom stereocenters. The van der Waals surface area contributed by atoms with E-state index in [1.54, 1.807) is 18.2 Å². The van der Waals surface area contributed by atoms with Gasteiger partial charge in [-0.2, -0.15) is 0 Å². The van der Waals surface area contributed by atoms with Gasteiger partial charge in [0.2, 0.25) is 17.8 Å². The van der Waals surface area contributed by atoms with Crippen molar-refractivity contribution in [3.63, 3.8) is 0 Å². The predicted molar refractivity (Wildman–Crippen MR) is 125 cm³/mol. The predicted octanol–water partition coefficient (Wildman–Crippen LogP) is 2.47. The topological polar surface area (TPSA) is 111 Å². The highest BCUT2D eigenvalue weighted by molar-refractivity contribution is 7.99. The van der Waals surface area contributed by atoms with Gasteiger partial charge in [-0.25, -0.2) is 0 Å². The molecule has 3 rings (SSSR count). The van der Waals surface area contributed by atoms with Crippen LogP contribution in [0.4, 0.5) is 17.3 Å². The molecule has 0 saturated carbocycles. The van der Waals surface area contributed by atoms with E-state index in [4.69, 9.17) is 9.47 Å². The summed E-state index contributed by atoms with van der Waals surface area (Å²) in [5, 5.41) is 15.0. The van der Waals surface area contributed by atoms with Gasteiger partial charge in [0.1, 0.15) is 5.75 Å². The van der Waals surface area contributed by atoms with Crippen molar-refractivity contribution in [3.05, 3.63) is 18.2 Å². The monoisotopic (exact) mass is 462 g/mol. The Balaban J connectivity index is 1.69.